The van der Waals surface area contributed by atoms with Gasteiger partial charge in [-0.3, -0.25) is 4.68 Å². The van der Waals surface area contributed by atoms with Gasteiger partial charge in [-0.05, 0) is 20.1 Å². The Labute approximate surface area is 65.6 Å². The minimum absolute atomic E-state index is 0.962. The summed E-state index contributed by atoms with van der Waals surface area (Å²) in [6, 6.07) is 0. The molecule has 0 unspecified atom stereocenters. The second-order valence-electron chi connectivity index (χ2n) is 2.15. The van der Waals surface area contributed by atoms with E-state index in [1.807, 2.05) is 10.9 Å². The Hall–Kier alpha value is -0.440. The first-order valence-corrected chi connectivity index (χ1v) is 4.58. The van der Waals surface area contributed by atoms with E-state index in [-0.39, 0.29) is 0 Å². The van der Waals surface area contributed by atoms with E-state index in [0.717, 1.165) is 6.54 Å². The van der Waals surface area contributed by atoms with Crippen LogP contribution in [0.3, 0.4) is 0 Å². The number of hydrogen-bond acceptors (Lipinski definition) is 2. The molecule has 0 aliphatic heterocycles. The van der Waals surface area contributed by atoms with Gasteiger partial charge in [-0.1, -0.05) is 0 Å². The van der Waals surface area contributed by atoms with E-state index in [2.05, 4.69) is 25.2 Å². The number of thioether (sulfide) groups is 1. The maximum absolute atomic E-state index is 4.20. The molecular formula is C7H12N2S. The van der Waals surface area contributed by atoms with Gasteiger partial charge >= 0.3 is 0 Å². The maximum Gasteiger partial charge on any atom is 0.0966 e. The molecule has 0 saturated carbocycles. The SMILES string of the molecule is CCn1ncc(C)c1SC. The highest BCUT2D eigenvalue weighted by Crippen LogP contribution is 2.18. The number of hydrogen-bond donors (Lipinski definition) is 0. The van der Waals surface area contributed by atoms with Gasteiger partial charge in [0.05, 0.1) is 11.2 Å². The Morgan fingerprint density at radius 1 is 1.70 bits per heavy atom. The van der Waals surface area contributed by atoms with Crippen molar-refractivity contribution in [2.45, 2.75) is 25.4 Å². The third kappa shape index (κ3) is 1.19. The molecule has 1 aromatic heterocycles. The van der Waals surface area contributed by atoms with Crippen LogP contribution in [0.15, 0.2) is 11.2 Å². The number of aromatic nitrogens is 2. The smallest absolute Gasteiger partial charge is 0.0966 e. The first-order chi connectivity index (χ1) is 4.79. The summed E-state index contributed by atoms with van der Waals surface area (Å²) >= 11 is 1.75. The van der Waals surface area contributed by atoms with Gasteiger partial charge in [0.25, 0.3) is 0 Å². The van der Waals surface area contributed by atoms with Crippen molar-refractivity contribution < 1.29 is 0 Å². The van der Waals surface area contributed by atoms with E-state index in [1.54, 1.807) is 11.8 Å². The summed E-state index contributed by atoms with van der Waals surface area (Å²) in [5.74, 6) is 0. The predicted octanol–water partition coefficient (Wildman–Crippen LogP) is 1.93. The number of nitrogens with zero attached hydrogens (tertiary/aromatic N) is 2. The predicted molar refractivity (Wildman–Crippen MR) is 44.4 cm³/mol. The molecule has 3 heteroatoms. The highest BCUT2D eigenvalue weighted by molar-refractivity contribution is 7.98. The van der Waals surface area contributed by atoms with Crippen molar-refractivity contribution in [3.05, 3.63) is 11.8 Å². The molecule has 0 N–H and O–H groups in total. The van der Waals surface area contributed by atoms with Crippen LogP contribution in [0.25, 0.3) is 0 Å². The lowest BCUT2D eigenvalue weighted by Crippen LogP contribution is -1.97. The van der Waals surface area contributed by atoms with E-state index >= 15 is 0 Å². The molecule has 0 aliphatic rings. The summed E-state index contributed by atoms with van der Waals surface area (Å²) in [7, 11) is 0. The molecule has 1 rings (SSSR count). The van der Waals surface area contributed by atoms with E-state index in [0.29, 0.717) is 0 Å². The third-order valence-corrected chi connectivity index (χ3v) is 2.37. The first-order valence-electron chi connectivity index (χ1n) is 3.36. The Balaban J connectivity index is 3.01. The summed E-state index contributed by atoms with van der Waals surface area (Å²) < 4.78 is 2.01. The summed E-state index contributed by atoms with van der Waals surface area (Å²) in [4.78, 5) is 0. The van der Waals surface area contributed by atoms with Crippen molar-refractivity contribution in [1.82, 2.24) is 9.78 Å². The molecule has 0 bridgehead atoms. The van der Waals surface area contributed by atoms with Gasteiger partial charge in [0.15, 0.2) is 0 Å². The lowest BCUT2D eigenvalue weighted by Gasteiger charge is -2.00. The van der Waals surface area contributed by atoms with E-state index < -0.39 is 0 Å². The fourth-order valence-corrected chi connectivity index (χ4v) is 1.72. The largest absolute Gasteiger partial charge is 0.259 e. The lowest BCUT2D eigenvalue weighted by molar-refractivity contribution is 0.604. The van der Waals surface area contributed by atoms with Crippen LogP contribution in [0.5, 0.6) is 0 Å². The van der Waals surface area contributed by atoms with Crippen molar-refractivity contribution in [3.8, 4) is 0 Å². The monoisotopic (exact) mass is 156 g/mol. The Morgan fingerprint density at radius 2 is 2.40 bits per heavy atom. The minimum Gasteiger partial charge on any atom is -0.259 e. The highest BCUT2D eigenvalue weighted by Gasteiger charge is 2.02. The van der Waals surface area contributed by atoms with Crippen LogP contribution in [0, 0.1) is 6.92 Å². The van der Waals surface area contributed by atoms with Gasteiger partial charge in [0.1, 0.15) is 0 Å². The topological polar surface area (TPSA) is 17.8 Å². The maximum atomic E-state index is 4.20. The Morgan fingerprint density at radius 3 is 2.80 bits per heavy atom. The van der Waals surface area contributed by atoms with Crippen LogP contribution in [0.4, 0.5) is 0 Å². The zero-order valence-electron chi connectivity index (χ0n) is 6.59. The summed E-state index contributed by atoms with van der Waals surface area (Å²) in [5, 5.41) is 5.48. The molecule has 0 radical (unpaired) electrons. The fourth-order valence-electron chi connectivity index (χ4n) is 0.959. The van der Waals surface area contributed by atoms with Gasteiger partial charge in [-0.15, -0.1) is 11.8 Å². The van der Waals surface area contributed by atoms with Crippen LogP contribution in [-0.2, 0) is 6.54 Å². The molecule has 0 aromatic carbocycles. The zero-order valence-corrected chi connectivity index (χ0v) is 7.40. The van der Waals surface area contributed by atoms with E-state index in [4.69, 9.17) is 0 Å². The molecule has 0 saturated heterocycles. The van der Waals surface area contributed by atoms with Crippen LogP contribution in [0.2, 0.25) is 0 Å². The van der Waals surface area contributed by atoms with Crippen molar-refractivity contribution >= 4 is 11.8 Å². The first kappa shape index (κ1) is 7.66. The van der Waals surface area contributed by atoms with Gasteiger partial charge in [0.2, 0.25) is 0 Å². The molecule has 10 heavy (non-hydrogen) atoms. The van der Waals surface area contributed by atoms with Crippen LogP contribution in [0.1, 0.15) is 12.5 Å². The van der Waals surface area contributed by atoms with Gasteiger partial charge in [0, 0.05) is 12.1 Å². The van der Waals surface area contributed by atoms with Gasteiger partial charge in [-0.2, -0.15) is 5.10 Å². The molecule has 2 nitrogen and oxygen atoms in total. The van der Waals surface area contributed by atoms with Gasteiger partial charge < -0.3 is 0 Å². The summed E-state index contributed by atoms with van der Waals surface area (Å²) in [6.45, 7) is 5.15. The second kappa shape index (κ2) is 3.10. The zero-order chi connectivity index (χ0) is 7.56. The normalized spacial score (nSPS) is 10.3. The quantitative estimate of drug-likeness (QED) is 0.609. The Bertz CT molecular complexity index is 217. The van der Waals surface area contributed by atoms with E-state index in [9.17, 15) is 0 Å². The molecule has 0 amide bonds. The summed E-state index contributed by atoms with van der Waals surface area (Å²) in [5.41, 5.74) is 1.27. The van der Waals surface area contributed by atoms with Crippen LogP contribution in [-0.4, -0.2) is 16.0 Å². The van der Waals surface area contributed by atoms with Crippen molar-refractivity contribution in [2.75, 3.05) is 6.26 Å². The molecule has 0 spiro atoms. The minimum atomic E-state index is 0.962. The highest BCUT2D eigenvalue weighted by atomic mass is 32.2. The summed E-state index contributed by atoms with van der Waals surface area (Å²) in [6.07, 6.45) is 3.99. The van der Waals surface area contributed by atoms with Crippen molar-refractivity contribution in [2.24, 2.45) is 0 Å². The Kier molecular flexibility index (Phi) is 2.38. The molecule has 1 aromatic rings. The van der Waals surface area contributed by atoms with E-state index in [1.165, 1.54) is 10.6 Å². The molecule has 56 valence electrons. The standard InChI is InChI=1S/C7H12N2S/c1-4-9-7(10-3)6(2)5-8-9/h5H,4H2,1-3H3. The van der Waals surface area contributed by atoms with Crippen molar-refractivity contribution in [3.63, 3.8) is 0 Å². The third-order valence-electron chi connectivity index (χ3n) is 1.46. The lowest BCUT2D eigenvalue weighted by atomic mass is 10.4. The van der Waals surface area contributed by atoms with Crippen LogP contribution >= 0.6 is 11.8 Å². The number of rotatable bonds is 2. The molecular weight excluding hydrogens is 144 g/mol. The van der Waals surface area contributed by atoms with Crippen LogP contribution < -0.4 is 0 Å². The fraction of sp³-hybridized carbons (Fsp3) is 0.571. The second-order valence-corrected chi connectivity index (χ2v) is 2.95. The van der Waals surface area contributed by atoms with Gasteiger partial charge in [-0.25, -0.2) is 0 Å². The average Bonchev–Trinajstić information content (AvgIpc) is 2.30. The van der Waals surface area contributed by atoms with Crippen molar-refractivity contribution in [1.29, 1.82) is 0 Å². The molecule has 0 aliphatic carbocycles. The number of aryl methyl sites for hydroxylation is 2. The molecule has 0 fully saturated rings. The molecule has 1 heterocycles. The molecule has 0 atom stereocenters. The average molecular weight is 156 g/mol.